The fourth-order valence-electron chi connectivity index (χ4n) is 1.41. The molecule has 0 amide bonds. The second-order valence-corrected chi connectivity index (χ2v) is 8.21. The van der Waals surface area contributed by atoms with E-state index in [1.54, 1.807) is 10.8 Å². The smallest absolute Gasteiger partial charge is 0.371 e. The molecule has 114 valence electrons. The second kappa shape index (κ2) is 7.46. The van der Waals surface area contributed by atoms with Gasteiger partial charge < -0.3 is 4.90 Å². The molecule has 3 nitrogen and oxygen atoms in total. The number of halogens is 3. The van der Waals surface area contributed by atoms with Gasteiger partial charge in [0, 0.05) is 37.1 Å². The van der Waals surface area contributed by atoms with E-state index < -0.39 is 11.7 Å². The molecule has 0 N–H and O–H groups in total. The number of alkyl halides is 3. The van der Waals surface area contributed by atoms with Crippen molar-refractivity contribution in [1.82, 2.24) is 9.88 Å². The molecule has 0 bridgehead atoms. The minimum atomic E-state index is -4.34. The number of aliphatic imine (C=N–C) groups is 1. The van der Waals surface area contributed by atoms with Gasteiger partial charge in [0.25, 0.3) is 0 Å². The van der Waals surface area contributed by atoms with Crippen molar-refractivity contribution in [1.29, 1.82) is 0 Å². The minimum absolute atomic E-state index is 0.560. The SMILES string of the molecule is CN1CC=NC=C1CSSSc1ccc(C(F)(F)F)cn1. The lowest BCUT2D eigenvalue weighted by Gasteiger charge is -2.21. The highest BCUT2D eigenvalue weighted by atomic mass is 33.5. The lowest BCUT2D eigenvalue weighted by atomic mass is 10.3. The fourth-order valence-corrected chi connectivity index (χ4v) is 4.86. The van der Waals surface area contributed by atoms with Gasteiger partial charge in [-0.15, -0.1) is 0 Å². The quantitative estimate of drug-likeness (QED) is 0.581. The lowest BCUT2D eigenvalue weighted by Crippen LogP contribution is -2.23. The molecular formula is C12H12F3N3S3. The molecular weight excluding hydrogens is 339 g/mol. The number of pyridine rings is 1. The third-order valence-corrected chi connectivity index (χ3v) is 6.44. The van der Waals surface area contributed by atoms with Crippen molar-refractivity contribution in [3.8, 4) is 0 Å². The largest absolute Gasteiger partial charge is 0.417 e. The molecule has 0 saturated carbocycles. The van der Waals surface area contributed by atoms with Crippen LogP contribution in [0.4, 0.5) is 13.2 Å². The summed E-state index contributed by atoms with van der Waals surface area (Å²) in [6.45, 7) is 0.796. The number of hydrogen-bond donors (Lipinski definition) is 0. The summed E-state index contributed by atoms with van der Waals surface area (Å²) in [5.41, 5.74) is 0.396. The summed E-state index contributed by atoms with van der Waals surface area (Å²) in [5, 5.41) is 0.560. The first-order chi connectivity index (χ1) is 9.97. The molecule has 1 aliphatic rings. The summed E-state index contributed by atoms with van der Waals surface area (Å²) >= 11 is 0. The van der Waals surface area contributed by atoms with E-state index in [4.69, 9.17) is 0 Å². The third kappa shape index (κ3) is 5.15. The van der Waals surface area contributed by atoms with Crippen molar-refractivity contribution < 1.29 is 13.2 Å². The van der Waals surface area contributed by atoms with E-state index in [1.165, 1.54) is 26.7 Å². The van der Waals surface area contributed by atoms with Gasteiger partial charge >= 0.3 is 6.18 Å². The Morgan fingerprint density at radius 2 is 2.14 bits per heavy atom. The van der Waals surface area contributed by atoms with Crippen LogP contribution in [-0.4, -0.2) is 35.4 Å². The zero-order valence-electron chi connectivity index (χ0n) is 11.0. The van der Waals surface area contributed by atoms with Crippen LogP contribution in [0.5, 0.6) is 0 Å². The maximum absolute atomic E-state index is 12.4. The number of hydrogen-bond acceptors (Lipinski definition) is 6. The van der Waals surface area contributed by atoms with Crippen LogP contribution < -0.4 is 0 Å². The van der Waals surface area contributed by atoms with E-state index in [9.17, 15) is 13.2 Å². The summed E-state index contributed by atoms with van der Waals surface area (Å²) in [5.74, 6) is 0.784. The molecule has 2 rings (SSSR count). The van der Waals surface area contributed by atoms with E-state index in [0.29, 0.717) is 5.03 Å². The molecule has 0 saturated heterocycles. The highest BCUT2D eigenvalue weighted by molar-refractivity contribution is 9.09. The maximum Gasteiger partial charge on any atom is 0.417 e. The first-order valence-corrected chi connectivity index (χ1v) is 9.53. The maximum atomic E-state index is 12.4. The monoisotopic (exact) mass is 351 g/mol. The van der Waals surface area contributed by atoms with Crippen LogP contribution in [0.2, 0.25) is 0 Å². The third-order valence-electron chi connectivity index (χ3n) is 2.61. The van der Waals surface area contributed by atoms with Gasteiger partial charge in [-0.25, -0.2) is 4.98 Å². The minimum Gasteiger partial charge on any atom is -0.371 e. The Hall–Kier alpha value is -0.800. The van der Waals surface area contributed by atoms with Crippen molar-refractivity contribution in [3.05, 3.63) is 35.8 Å². The van der Waals surface area contributed by atoms with E-state index in [1.807, 2.05) is 19.5 Å². The predicted molar refractivity (Wildman–Crippen MR) is 84.4 cm³/mol. The molecule has 0 atom stereocenters. The Labute approximate surface area is 132 Å². The Balaban J connectivity index is 1.76. The van der Waals surface area contributed by atoms with Crippen LogP contribution in [0.25, 0.3) is 0 Å². The Bertz CT molecular complexity index is 529. The molecule has 0 radical (unpaired) electrons. The van der Waals surface area contributed by atoms with Crippen LogP contribution in [0.3, 0.4) is 0 Å². The normalized spacial score (nSPS) is 15.2. The molecule has 1 aliphatic heterocycles. The lowest BCUT2D eigenvalue weighted by molar-refractivity contribution is -0.137. The molecule has 21 heavy (non-hydrogen) atoms. The Morgan fingerprint density at radius 3 is 2.76 bits per heavy atom. The first-order valence-electron chi connectivity index (χ1n) is 5.88. The highest BCUT2D eigenvalue weighted by Crippen LogP contribution is 2.41. The summed E-state index contributed by atoms with van der Waals surface area (Å²) in [4.78, 5) is 10.0. The van der Waals surface area contributed by atoms with Gasteiger partial charge in [-0.2, -0.15) is 13.2 Å². The number of rotatable bonds is 5. The van der Waals surface area contributed by atoms with Crippen LogP contribution >= 0.6 is 31.4 Å². The topological polar surface area (TPSA) is 28.5 Å². The van der Waals surface area contributed by atoms with Gasteiger partial charge in [-0.1, -0.05) is 10.8 Å². The summed E-state index contributed by atoms with van der Waals surface area (Å²) < 4.78 is 37.2. The van der Waals surface area contributed by atoms with E-state index >= 15 is 0 Å². The molecule has 0 spiro atoms. The van der Waals surface area contributed by atoms with Crippen LogP contribution in [0.15, 0.2) is 40.2 Å². The fraction of sp³-hybridized carbons (Fsp3) is 0.333. The van der Waals surface area contributed by atoms with E-state index in [0.717, 1.165) is 30.3 Å². The predicted octanol–water partition coefficient (Wildman–Crippen LogP) is 4.35. The molecule has 0 unspecified atom stereocenters. The molecule has 1 aromatic rings. The summed E-state index contributed by atoms with van der Waals surface area (Å²) in [6.07, 6.45) is 0.177. The van der Waals surface area contributed by atoms with E-state index in [2.05, 4.69) is 14.9 Å². The summed E-state index contributed by atoms with van der Waals surface area (Å²) in [7, 11) is 6.43. The zero-order valence-corrected chi connectivity index (χ0v) is 13.5. The van der Waals surface area contributed by atoms with Gasteiger partial charge in [-0.05, 0) is 32.8 Å². The van der Waals surface area contributed by atoms with Crippen molar-refractivity contribution in [2.45, 2.75) is 11.2 Å². The van der Waals surface area contributed by atoms with Crippen molar-refractivity contribution in [3.63, 3.8) is 0 Å². The Morgan fingerprint density at radius 1 is 1.33 bits per heavy atom. The van der Waals surface area contributed by atoms with Crippen LogP contribution in [0, 0.1) is 0 Å². The van der Waals surface area contributed by atoms with Gasteiger partial charge in [0.15, 0.2) is 0 Å². The number of aromatic nitrogens is 1. The molecule has 1 aromatic heterocycles. The Kier molecular flexibility index (Phi) is 5.88. The average Bonchev–Trinajstić information content (AvgIpc) is 2.45. The molecule has 0 aliphatic carbocycles. The van der Waals surface area contributed by atoms with Crippen molar-refractivity contribution in [2.24, 2.45) is 4.99 Å². The van der Waals surface area contributed by atoms with Gasteiger partial charge in [-0.3, -0.25) is 4.99 Å². The average molecular weight is 351 g/mol. The number of nitrogens with zero attached hydrogens (tertiary/aromatic N) is 3. The van der Waals surface area contributed by atoms with Gasteiger partial charge in [0.05, 0.1) is 12.1 Å². The highest BCUT2D eigenvalue weighted by Gasteiger charge is 2.30. The van der Waals surface area contributed by atoms with Gasteiger partial charge in [0.2, 0.25) is 0 Å². The van der Waals surface area contributed by atoms with Crippen LogP contribution in [-0.2, 0) is 6.18 Å². The molecule has 0 aromatic carbocycles. The molecule has 0 fully saturated rings. The first kappa shape index (κ1) is 16.6. The van der Waals surface area contributed by atoms with Crippen molar-refractivity contribution >= 4 is 37.6 Å². The molecule has 9 heteroatoms. The standard InChI is InChI=1S/C12H12F3N3S3/c1-18-5-4-16-7-10(18)8-19-21-20-11-3-2-9(6-17-11)12(13,14)15/h2-4,6-7H,5,8H2,1H3. The van der Waals surface area contributed by atoms with Crippen molar-refractivity contribution in [2.75, 3.05) is 19.3 Å². The van der Waals surface area contributed by atoms with Crippen LogP contribution in [0.1, 0.15) is 5.56 Å². The summed E-state index contributed by atoms with van der Waals surface area (Å²) in [6, 6.07) is 2.43. The van der Waals surface area contributed by atoms with Gasteiger partial charge in [0.1, 0.15) is 5.03 Å². The molecule has 2 heterocycles. The second-order valence-electron chi connectivity index (χ2n) is 4.13. The zero-order chi connectivity index (χ0) is 15.3. The van der Waals surface area contributed by atoms with E-state index in [-0.39, 0.29) is 0 Å².